The van der Waals surface area contributed by atoms with E-state index in [1.54, 1.807) is 35.8 Å². The summed E-state index contributed by atoms with van der Waals surface area (Å²) in [6, 6.07) is 9.10. The molecular formula is C24H27N7O4. The number of pyridine rings is 2. The molecule has 1 saturated carbocycles. The first-order valence-electron chi connectivity index (χ1n) is 11.3. The third kappa shape index (κ3) is 6.19. The van der Waals surface area contributed by atoms with Crippen molar-refractivity contribution in [2.75, 3.05) is 12.0 Å². The van der Waals surface area contributed by atoms with Crippen LogP contribution in [0.5, 0.6) is 6.01 Å². The van der Waals surface area contributed by atoms with Gasteiger partial charge < -0.3 is 20.5 Å². The summed E-state index contributed by atoms with van der Waals surface area (Å²) >= 11 is 0. The summed E-state index contributed by atoms with van der Waals surface area (Å²) in [5.74, 6) is 0.515. The first kappa shape index (κ1) is 23.9. The Morgan fingerprint density at radius 1 is 1.00 bits per heavy atom. The average molecular weight is 478 g/mol. The van der Waals surface area contributed by atoms with Crippen LogP contribution in [-0.2, 0) is 11.3 Å². The lowest BCUT2D eigenvalue weighted by Crippen LogP contribution is -2.48. The Bertz CT molecular complexity index is 1120. The minimum Gasteiger partial charge on any atom is -0.467 e. The van der Waals surface area contributed by atoms with Gasteiger partial charge >= 0.3 is 18.1 Å². The van der Waals surface area contributed by atoms with Gasteiger partial charge in [0.2, 0.25) is 0 Å². The predicted octanol–water partition coefficient (Wildman–Crippen LogP) is 3.06. The molecule has 1 fully saturated rings. The molecule has 4 rings (SSSR count). The number of carbonyl (C=O) groups is 2. The SMILES string of the molecule is COc1ncc(-c2ccc(N(C(=O)NCc3ccccn3)[C@H]3CC[C@H](OC(N)=O)CC3)nc2)cn1. The van der Waals surface area contributed by atoms with E-state index in [4.69, 9.17) is 15.2 Å². The van der Waals surface area contributed by atoms with Crippen molar-refractivity contribution in [3.05, 3.63) is 60.8 Å². The number of aromatic nitrogens is 4. The minimum atomic E-state index is -0.779. The smallest absolute Gasteiger partial charge is 0.404 e. The molecule has 3 aromatic heterocycles. The molecule has 0 spiro atoms. The van der Waals surface area contributed by atoms with Crippen molar-refractivity contribution in [2.24, 2.45) is 5.73 Å². The van der Waals surface area contributed by atoms with Crippen LogP contribution in [0.4, 0.5) is 15.4 Å². The highest BCUT2D eigenvalue weighted by atomic mass is 16.6. The van der Waals surface area contributed by atoms with Gasteiger partial charge in [-0.05, 0) is 49.9 Å². The summed E-state index contributed by atoms with van der Waals surface area (Å²) < 4.78 is 10.2. The van der Waals surface area contributed by atoms with Crippen molar-refractivity contribution in [3.63, 3.8) is 0 Å². The monoisotopic (exact) mass is 477 g/mol. The van der Waals surface area contributed by atoms with Gasteiger partial charge in [-0.25, -0.2) is 24.5 Å². The normalized spacial score (nSPS) is 17.3. The van der Waals surface area contributed by atoms with Gasteiger partial charge in [0.15, 0.2) is 0 Å². The highest BCUT2D eigenvalue weighted by molar-refractivity contribution is 5.91. The Morgan fingerprint density at radius 2 is 1.74 bits per heavy atom. The van der Waals surface area contributed by atoms with Crippen molar-refractivity contribution in [3.8, 4) is 17.1 Å². The summed E-state index contributed by atoms with van der Waals surface area (Å²) in [5, 5.41) is 2.94. The third-order valence-corrected chi connectivity index (χ3v) is 5.80. The van der Waals surface area contributed by atoms with Gasteiger partial charge in [-0.2, -0.15) is 0 Å². The lowest BCUT2D eigenvalue weighted by Gasteiger charge is -2.35. The standard InChI is InChI=1S/C24H27N7O4/c1-34-23-28-13-17(14-29-23)16-5-10-21(27-12-16)31(19-6-8-20(9-7-19)35-22(25)32)24(33)30-15-18-4-2-3-11-26-18/h2-5,10-14,19-20H,6-9,15H2,1H3,(H2,25,32)(H,30,33)/t19-,20-. The molecule has 0 saturated heterocycles. The number of hydrogen-bond acceptors (Lipinski definition) is 8. The summed E-state index contributed by atoms with van der Waals surface area (Å²) in [6.45, 7) is 0.289. The second-order valence-corrected chi connectivity index (χ2v) is 8.08. The predicted molar refractivity (Wildman–Crippen MR) is 127 cm³/mol. The first-order valence-corrected chi connectivity index (χ1v) is 11.3. The van der Waals surface area contributed by atoms with E-state index in [2.05, 4.69) is 25.3 Å². The molecule has 0 aromatic carbocycles. The Labute approximate surface area is 202 Å². The zero-order valence-corrected chi connectivity index (χ0v) is 19.3. The fraction of sp³-hybridized carbons (Fsp3) is 0.333. The molecule has 0 radical (unpaired) electrons. The Kier molecular flexibility index (Phi) is 7.66. The Hall–Kier alpha value is -4.28. The third-order valence-electron chi connectivity index (χ3n) is 5.80. The molecule has 3 N–H and O–H groups in total. The summed E-state index contributed by atoms with van der Waals surface area (Å²) in [7, 11) is 1.51. The molecule has 11 nitrogen and oxygen atoms in total. The van der Waals surface area contributed by atoms with Crippen LogP contribution < -0.4 is 20.7 Å². The number of amides is 3. The maximum absolute atomic E-state index is 13.3. The lowest BCUT2D eigenvalue weighted by atomic mass is 9.92. The van der Waals surface area contributed by atoms with Crippen LogP contribution in [0.1, 0.15) is 31.4 Å². The van der Waals surface area contributed by atoms with E-state index in [9.17, 15) is 9.59 Å². The molecule has 3 aromatic rings. The molecule has 0 unspecified atom stereocenters. The number of ether oxygens (including phenoxy) is 2. The molecular weight excluding hydrogens is 450 g/mol. The quantitative estimate of drug-likeness (QED) is 0.528. The van der Waals surface area contributed by atoms with Gasteiger partial charge in [0, 0.05) is 42.0 Å². The van der Waals surface area contributed by atoms with E-state index in [0.29, 0.717) is 31.5 Å². The minimum absolute atomic E-state index is 0.117. The number of nitrogens with one attached hydrogen (secondary N) is 1. The number of nitrogens with zero attached hydrogens (tertiary/aromatic N) is 5. The summed E-state index contributed by atoms with van der Waals surface area (Å²) in [5.41, 5.74) is 7.50. The number of nitrogens with two attached hydrogens (primary N) is 1. The molecule has 0 aliphatic heterocycles. The number of anilines is 1. The van der Waals surface area contributed by atoms with E-state index >= 15 is 0 Å². The maximum atomic E-state index is 13.3. The first-order chi connectivity index (χ1) is 17.0. The largest absolute Gasteiger partial charge is 0.467 e. The molecule has 0 atom stereocenters. The number of methoxy groups -OCH3 is 1. The average Bonchev–Trinajstić information content (AvgIpc) is 2.89. The molecule has 3 amide bonds. The van der Waals surface area contributed by atoms with Gasteiger partial charge in [0.1, 0.15) is 11.9 Å². The Balaban J connectivity index is 1.52. The molecule has 1 aliphatic rings. The fourth-order valence-corrected chi connectivity index (χ4v) is 4.07. The van der Waals surface area contributed by atoms with Crippen LogP contribution >= 0.6 is 0 Å². The van der Waals surface area contributed by atoms with Gasteiger partial charge in [0.25, 0.3) is 0 Å². The molecule has 35 heavy (non-hydrogen) atoms. The highest BCUT2D eigenvalue weighted by Gasteiger charge is 2.32. The van der Waals surface area contributed by atoms with Crippen LogP contribution in [-0.4, -0.2) is 51.3 Å². The van der Waals surface area contributed by atoms with E-state index < -0.39 is 6.09 Å². The summed E-state index contributed by atoms with van der Waals surface area (Å²) in [4.78, 5) is 43.2. The van der Waals surface area contributed by atoms with Crippen LogP contribution in [0.25, 0.3) is 11.1 Å². The Morgan fingerprint density at radius 3 is 2.34 bits per heavy atom. The van der Waals surface area contributed by atoms with E-state index in [0.717, 1.165) is 16.8 Å². The van der Waals surface area contributed by atoms with Crippen molar-refractivity contribution in [1.82, 2.24) is 25.3 Å². The van der Waals surface area contributed by atoms with E-state index in [1.165, 1.54) is 7.11 Å². The molecule has 0 bridgehead atoms. The zero-order valence-electron chi connectivity index (χ0n) is 19.3. The maximum Gasteiger partial charge on any atom is 0.404 e. The second kappa shape index (κ2) is 11.2. The van der Waals surface area contributed by atoms with Crippen LogP contribution in [0, 0.1) is 0 Å². The molecule has 182 valence electrons. The number of rotatable bonds is 7. The number of carbonyl (C=O) groups excluding carboxylic acids is 2. The fourth-order valence-electron chi connectivity index (χ4n) is 4.07. The topological polar surface area (TPSA) is 145 Å². The van der Waals surface area contributed by atoms with Crippen LogP contribution in [0.3, 0.4) is 0 Å². The number of urea groups is 1. The van der Waals surface area contributed by atoms with Crippen molar-refractivity contribution >= 4 is 17.9 Å². The molecule has 11 heteroatoms. The lowest BCUT2D eigenvalue weighted by molar-refractivity contribution is 0.0786. The van der Waals surface area contributed by atoms with Gasteiger partial charge in [0.05, 0.1) is 19.3 Å². The van der Waals surface area contributed by atoms with Crippen LogP contribution in [0.2, 0.25) is 0 Å². The second-order valence-electron chi connectivity index (χ2n) is 8.08. The van der Waals surface area contributed by atoms with Crippen molar-refractivity contribution < 1.29 is 19.1 Å². The molecule has 1 aliphatic carbocycles. The number of primary amides is 1. The van der Waals surface area contributed by atoms with Gasteiger partial charge in [-0.1, -0.05) is 6.07 Å². The highest BCUT2D eigenvalue weighted by Crippen LogP contribution is 2.29. The van der Waals surface area contributed by atoms with E-state index in [-0.39, 0.29) is 30.7 Å². The van der Waals surface area contributed by atoms with Gasteiger partial charge in [-0.3, -0.25) is 9.88 Å². The molecule has 3 heterocycles. The van der Waals surface area contributed by atoms with Crippen molar-refractivity contribution in [1.29, 1.82) is 0 Å². The van der Waals surface area contributed by atoms with E-state index in [1.807, 2.05) is 24.3 Å². The number of hydrogen-bond donors (Lipinski definition) is 2. The summed E-state index contributed by atoms with van der Waals surface area (Å²) in [6.07, 6.45) is 8.15. The van der Waals surface area contributed by atoms with Crippen LogP contribution in [0.15, 0.2) is 55.1 Å². The van der Waals surface area contributed by atoms with Crippen molar-refractivity contribution in [2.45, 2.75) is 44.4 Å². The zero-order chi connectivity index (χ0) is 24.6. The van der Waals surface area contributed by atoms with Gasteiger partial charge in [-0.15, -0.1) is 0 Å².